The molecule has 0 radical (unpaired) electrons. The molecule has 0 aromatic rings. The van der Waals surface area contributed by atoms with E-state index in [4.69, 9.17) is 16.2 Å². The van der Waals surface area contributed by atoms with Crippen LogP contribution in [0.5, 0.6) is 0 Å². The highest BCUT2D eigenvalue weighted by Crippen LogP contribution is 2.26. The van der Waals surface area contributed by atoms with Gasteiger partial charge in [-0.3, -0.25) is 10.1 Å². The van der Waals surface area contributed by atoms with Gasteiger partial charge >= 0.3 is 6.03 Å². The number of amides is 3. The van der Waals surface area contributed by atoms with E-state index in [9.17, 15) is 9.59 Å². The third-order valence-electron chi connectivity index (χ3n) is 3.14. The number of primary amides is 1. The summed E-state index contributed by atoms with van der Waals surface area (Å²) in [7, 11) is 0. The molecule has 98 valence electrons. The summed E-state index contributed by atoms with van der Waals surface area (Å²) in [5, 5.41) is 2.01. The summed E-state index contributed by atoms with van der Waals surface area (Å²) in [4.78, 5) is 22.0. The number of hydrogen-bond donors (Lipinski definition) is 3. The van der Waals surface area contributed by atoms with Gasteiger partial charge in [-0.05, 0) is 32.2 Å². The van der Waals surface area contributed by atoms with Gasteiger partial charge in [-0.25, -0.2) is 4.79 Å². The molecule has 6 nitrogen and oxygen atoms in total. The molecule has 1 aliphatic carbocycles. The van der Waals surface area contributed by atoms with Crippen molar-refractivity contribution in [2.24, 2.45) is 17.4 Å². The molecule has 3 atom stereocenters. The quantitative estimate of drug-likeness (QED) is 0.651. The molecule has 0 aromatic heterocycles. The number of hydrogen-bond acceptors (Lipinski definition) is 4. The van der Waals surface area contributed by atoms with Crippen LogP contribution in [-0.2, 0) is 9.53 Å². The van der Waals surface area contributed by atoms with Gasteiger partial charge in [0.25, 0.3) is 5.91 Å². The van der Waals surface area contributed by atoms with Crippen LogP contribution in [0.2, 0.25) is 0 Å². The second-order valence-corrected chi connectivity index (χ2v) is 4.45. The molecule has 0 heterocycles. The van der Waals surface area contributed by atoms with Crippen LogP contribution in [0.1, 0.15) is 32.6 Å². The van der Waals surface area contributed by atoms with Crippen LogP contribution in [0.4, 0.5) is 4.79 Å². The molecule has 0 aliphatic heterocycles. The summed E-state index contributed by atoms with van der Waals surface area (Å²) in [6.45, 7) is 2.18. The van der Waals surface area contributed by atoms with Gasteiger partial charge < -0.3 is 16.2 Å². The first-order valence-corrected chi connectivity index (χ1v) is 6.00. The highest BCUT2D eigenvalue weighted by atomic mass is 16.5. The highest BCUT2D eigenvalue weighted by Gasteiger charge is 2.28. The number of urea groups is 1. The minimum atomic E-state index is -0.857. The van der Waals surface area contributed by atoms with Gasteiger partial charge in [-0.2, -0.15) is 0 Å². The Hall–Kier alpha value is -1.14. The van der Waals surface area contributed by atoms with Gasteiger partial charge in [-0.1, -0.05) is 12.8 Å². The Morgan fingerprint density at radius 2 is 2.06 bits per heavy atom. The fourth-order valence-electron chi connectivity index (χ4n) is 2.17. The van der Waals surface area contributed by atoms with E-state index < -0.39 is 18.0 Å². The molecule has 3 unspecified atom stereocenters. The van der Waals surface area contributed by atoms with Crippen LogP contribution in [0.3, 0.4) is 0 Å². The maximum atomic E-state index is 11.5. The monoisotopic (exact) mass is 243 g/mol. The largest absolute Gasteiger partial charge is 0.365 e. The van der Waals surface area contributed by atoms with E-state index in [0.29, 0.717) is 12.5 Å². The summed E-state index contributed by atoms with van der Waals surface area (Å²) in [5.41, 5.74) is 10.5. The fraction of sp³-hybridized carbons (Fsp3) is 0.818. The van der Waals surface area contributed by atoms with Crippen LogP contribution in [0.25, 0.3) is 0 Å². The molecule has 3 amide bonds. The molecule has 0 bridgehead atoms. The molecule has 1 saturated carbocycles. The van der Waals surface area contributed by atoms with Crippen molar-refractivity contribution in [1.82, 2.24) is 5.32 Å². The second kappa shape index (κ2) is 6.56. The van der Waals surface area contributed by atoms with E-state index in [1.807, 2.05) is 5.32 Å². The molecule has 1 rings (SSSR count). The smallest absolute Gasteiger partial charge is 0.318 e. The normalized spacial score (nSPS) is 26.2. The zero-order chi connectivity index (χ0) is 12.8. The van der Waals surface area contributed by atoms with E-state index in [2.05, 4.69) is 0 Å². The summed E-state index contributed by atoms with van der Waals surface area (Å²) in [5.74, 6) is -0.202. The van der Waals surface area contributed by atoms with Crippen LogP contribution < -0.4 is 16.8 Å². The third kappa shape index (κ3) is 4.32. The minimum absolute atomic E-state index is 0.00220. The first kappa shape index (κ1) is 13.9. The summed E-state index contributed by atoms with van der Waals surface area (Å²) in [6.07, 6.45) is 3.51. The SMILES string of the molecule is CC(OC1CCCCC1CN)C(=O)NC(N)=O. The topological polar surface area (TPSA) is 107 Å². The van der Waals surface area contributed by atoms with Crippen LogP contribution in [-0.4, -0.2) is 30.7 Å². The van der Waals surface area contributed by atoms with Gasteiger partial charge in [0, 0.05) is 0 Å². The lowest BCUT2D eigenvalue weighted by molar-refractivity contribution is -0.137. The Kier molecular flexibility index (Phi) is 5.37. The highest BCUT2D eigenvalue weighted by molar-refractivity contribution is 5.95. The number of imide groups is 1. The lowest BCUT2D eigenvalue weighted by Crippen LogP contribution is -2.44. The summed E-state index contributed by atoms with van der Waals surface area (Å²) < 4.78 is 5.66. The lowest BCUT2D eigenvalue weighted by Gasteiger charge is -2.32. The van der Waals surface area contributed by atoms with Crippen molar-refractivity contribution in [3.63, 3.8) is 0 Å². The molecule has 5 N–H and O–H groups in total. The average Bonchev–Trinajstić information content (AvgIpc) is 2.28. The van der Waals surface area contributed by atoms with E-state index in [0.717, 1.165) is 25.7 Å². The zero-order valence-electron chi connectivity index (χ0n) is 10.1. The molecule has 6 heteroatoms. The molecule has 1 fully saturated rings. The number of ether oxygens (including phenoxy) is 1. The third-order valence-corrected chi connectivity index (χ3v) is 3.14. The molecule has 17 heavy (non-hydrogen) atoms. The van der Waals surface area contributed by atoms with E-state index in [1.54, 1.807) is 6.92 Å². The predicted octanol–water partition coefficient (Wildman–Crippen LogP) is 0.104. The average molecular weight is 243 g/mol. The van der Waals surface area contributed by atoms with Crippen molar-refractivity contribution in [2.75, 3.05) is 6.54 Å². The van der Waals surface area contributed by atoms with Gasteiger partial charge in [0.1, 0.15) is 6.10 Å². The summed E-state index contributed by atoms with van der Waals surface area (Å²) in [6, 6.07) is -0.857. The van der Waals surface area contributed by atoms with Crippen molar-refractivity contribution in [2.45, 2.75) is 44.8 Å². The molecular weight excluding hydrogens is 222 g/mol. The Labute approximate surface area is 101 Å². The van der Waals surface area contributed by atoms with Crippen molar-refractivity contribution < 1.29 is 14.3 Å². The van der Waals surface area contributed by atoms with Crippen LogP contribution in [0, 0.1) is 5.92 Å². The van der Waals surface area contributed by atoms with E-state index in [-0.39, 0.29) is 6.10 Å². The predicted molar refractivity (Wildman–Crippen MR) is 63.1 cm³/mol. The molecule has 0 aromatic carbocycles. The first-order valence-electron chi connectivity index (χ1n) is 6.00. The lowest BCUT2D eigenvalue weighted by atomic mass is 9.86. The number of carbonyl (C=O) groups excluding carboxylic acids is 2. The Balaban J connectivity index is 2.45. The van der Waals surface area contributed by atoms with Crippen molar-refractivity contribution in [3.05, 3.63) is 0 Å². The fourth-order valence-corrected chi connectivity index (χ4v) is 2.17. The van der Waals surface area contributed by atoms with Gasteiger partial charge in [0.2, 0.25) is 0 Å². The first-order chi connectivity index (χ1) is 8.04. The molecule has 0 saturated heterocycles. The summed E-state index contributed by atoms with van der Waals surface area (Å²) >= 11 is 0. The minimum Gasteiger partial charge on any atom is -0.365 e. The van der Waals surface area contributed by atoms with Crippen LogP contribution in [0.15, 0.2) is 0 Å². The maximum Gasteiger partial charge on any atom is 0.318 e. The number of nitrogens with two attached hydrogens (primary N) is 2. The Morgan fingerprint density at radius 1 is 1.41 bits per heavy atom. The second-order valence-electron chi connectivity index (χ2n) is 4.45. The molecule has 1 aliphatic rings. The molecule has 0 spiro atoms. The van der Waals surface area contributed by atoms with Crippen molar-refractivity contribution in [1.29, 1.82) is 0 Å². The van der Waals surface area contributed by atoms with Gasteiger partial charge in [-0.15, -0.1) is 0 Å². The van der Waals surface area contributed by atoms with Gasteiger partial charge in [0.05, 0.1) is 6.10 Å². The standard InChI is InChI=1S/C11H21N3O3/c1-7(10(15)14-11(13)16)17-9-5-3-2-4-8(9)6-12/h7-9H,2-6,12H2,1H3,(H3,13,14,15,16). The van der Waals surface area contributed by atoms with E-state index >= 15 is 0 Å². The van der Waals surface area contributed by atoms with Gasteiger partial charge in [0.15, 0.2) is 0 Å². The number of carbonyl (C=O) groups is 2. The van der Waals surface area contributed by atoms with Crippen molar-refractivity contribution >= 4 is 11.9 Å². The zero-order valence-corrected chi connectivity index (χ0v) is 10.1. The van der Waals surface area contributed by atoms with Crippen LogP contribution >= 0.6 is 0 Å². The number of nitrogens with one attached hydrogen (secondary N) is 1. The maximum absolute atomic E-state index is 11.5. The van der Waals surface area contributed by atoms with Crippen molar-refractivity contribution in [3.8, 4) is 0 Å². The Bertz CT molecular complexity index is 283. The van der Waals surface area contributed by atoms with E-state index in [1.165, 1.54) is 0 Å². The molecular formula is C11H21N3O3. The number of rotatable bonds is 4. The Morgan fingerprint density at radius 3 is 2.65 bits per heavy atom.